The van der Waals surface area contributed by atoms with Crippen LogP contribution in [0.4, 0.5) is 4.39 Å². The molecule has 3 heterocycles. The topological polar surface area (TPSA) is 91.1 Å². The van der Waals surface area contributed by atoms with Gasteiger partial charge >= 0.3 is 0 Å². The van der Waals surface area contributed by atoms with Crippen LogP contribution in [0.5, 0.6) is 0 Å². The van der Waals surface area contributed by atoms with E-state index in [1.165, 1.54) is 34.6 Å². The Labute approximate surface area is 157 Å². The Bertz CT molecular complexity index is 1180. The van der Waals surface area contributed by atoms with E-state index in [0.717, 1.165) is 5.69 Å². The SMILES string of the molecule is Cc1cccc2nc(CSc3nnc(-c4ccc(F)cc4)n3N)cc(=O)n12. The van der Waals surface area contributed by atoms with Crippen LogP contribution in [0.1, 0.15) is 11.4 Å². The van der Waals surface area contributed by atoms with Crippen LogP contribution >= 0.6 is 11.8 Å². The van der Waals surface area contributed by atoms with Crippen LogP contribution in [-0.4, -0.2) is 24.3 Å². The summed E-state index contributed by atoms with van der Waals surface area (Å²) >= 11 is 1.32. The monoisotopic (exact) mass is 382 g/mol. The molecule has 2 N–H and O–H groups in total. The number of fused-ring (bicyclic) bond motifs is 1. The van der Waals surface area contributed by atoms with Crippen LogP contribution in [0.15, 0.2) is 58.5 Å². The first-order valence-electron chi connectivity index (χ1n) is 8.10. The number of halogens is 1. The first-order chi connectivity index (χ1) is 13.0. The highest BCUT2D eigenvalue weighted by Gasteiger charge is 2.13. The van der Waals surface area contributed by atoms with Crippen molar-refractivity contribution in [3.05, 3.63) is 76.1 Å². The van der Waals surface area contributed by atoms with Crippen molar-refractivity contribution < 1.29 is 4.39 Å². The van der Waals surface area contributed by atoms with Crippen LogP contribution in [0, 0.1) is 12.7 Å². The van der Waals surface area contributed by atoms with Crippen molar-refractivity contribution in [3.63, 3.8) is 0 Å². The number of benzene rings is 1. The van der Waals surface area contributed by atoms with E-state index in [-0.39, 0.29) is 11.4 Å². The van der Waals surface area contributed by atoms with E-state index in [0.29, 0.717) is 33.6 Å². The lowest BCUT2D eigenvalue weighted by Gasteiger charge is -2.06. The van der Waals surface area contributed by atoms with E-state index in [9.17, 15) is 9.18 Å². The first-order valence-corrected chi connectivity index (χ1v) is 9.09. The summed E-state index contributed by atoms with van der Waals surface area (Å²) < 4.78 is 16.0. The molecule has 0 radical (unpaired) electrons. The Morgan fingerprint density at radius 1 is 1.15 bits per heavy atom. The molecular formula is C18H15FN6OS. The molecule has 9 heteroatoms. The third kappa shape index (κ3) is 3.28. The number of hydrogen-bond donors (Lipinski definition) is 1. The molecule has 0 aliphatic heterocycles. The molecule has 0 unspecified atom stereocenters. The minimum Gasteiger partial charge on any atom is -0.335 e. The summed E-state index contributed by atoms with van der Waals surface area (Å²) in [6.45, 7) is 1.86. The van der Waals surface area contributed by atoms with Crippen molar-refractivity contribution in [3.8, 4) is 11.4 Å². The summed E-state index contributed by atoms with van der Waals surface area (Å²) in [7, 11) is 0. The van der Waals surface area contributed by atoms with Crippen molar-refractivity contribution >= 4 is 17.4 Å². The second-order valence-corrected chi connectivity index (χ2v) is 6.86. The van der Waals surface area contributed by atoms with Crippen LogP contribution < -0.4 is 11.4 Å². The van der Waals surface area contributed by atoms with Gasteiger partial charge in [-0.3, -0.25) is 9.20 Å². The highest BCUT2D eigenvalue weighted by molar-refractivity contribution is 7.98. The molecule has 0 fully saturated rings. The average molecular weight is 382 g/mol. The Hall–Kier alpha value is -3.20. The number of thioether (sulfide) groups is 1. The molecule has 0 spiro atoms. The van der Waals surface area contributed by atoms with Gasteiger partial charge in [-0.2, -0.15) is 0 Å². The molecule has 3 aromatic heterocycles. The fraction of sp³-hybridized carbons (Fsp3) is 0.111. The Morgan fingerprint density at radius 2 is 1.93 bits per heavy atom. The van der Waals surface area contributed by atoms with Crippen LogP contribution in [0.25, 0.3) is 17.0 Å². The molecule has 27 heavy (non-hydrogen) atoms. The molecule has 0 aliphatic rings. The normalized spacial score (nSPS) is 11.2. The van der Waals surface area contributed by atoms with E-state index in [2.05, 4.69) is 15.2 Å². The molecule has 0 saturated carbocycles. The summed E-state index contributed by atoms with van der Waals surface area (Å²) in [5.41, 5.74) is 2.59. The maximum atomic E-state index is 13.1. The van der Waals surface area contributed by atoms with E-state index in [1.54, 1.807) is 22.6 Å². The summed E-state index contributed by atoms with van der Waals surface area (Å²) in [6, 6.07) is 12.9. The molecule has 1 aromatic carbocycles. The number of aryl methyl sites for hydroxylation is 1. The second kappa shape index (κ2) is 6.84. The molecule has 0 saturated heterocycles. The number of rotatable bonds is 4. The van der Waals surface area contributed by atoms with E-state index in [4.69, 9.17) is 5.84 Å². The highest BCUT2D eigenvalue weighted by atomic mass is 32.2. The van der Waals surface area contributed by atoms with Crippen LogP contribution in [0.2, 0.25) is 0 Å². The number of pyridine rings is 1. The zero-order valence-corrected chi connectivity index (χ0v) is 15.2. The quantitative estimate of drug-likeness (QED) is 0.431. The summed E-state index contributed by atoms with van der Waals surface area (Å²) in [6.07, 6.45) is 0. The second-order valence-electron chi connectivity index (χ2n) is 5.92. The van der Waals surface area contributed by atoms with Gasteiger partial charge in [0.15, 0.2) is 5.82 Å². The van der Waals surface area contributed by atoms with Gasteiger partial charge in [-0.1, -0.05) is 17.8 Å². The summed E-state index contributed by atoms with van der Waals surface area (Å²) in [5, 5.41) is 8.61. The van der Waals surface area contributed by atoms with Gasteiger partial charge in [0.05, 0.1) is 5.69 Å². The third-order valence-corrected chi connectivity index (χ3v) is 5.03. The minimum absolute atomic E-state index is 0.130. The predicted octanol–water partition coefficient (Wildman–Crippen LogP) is 2.41. The van der Waals surface area contributed by atoms with Crippen LogP contribution in [0.3, 0.4) is 0 Å². The average Bonchev–Trinajstić information content (AvgIpc) is 3.01. The molecule has 0 atom stereocenters. The maximum Gasteiger partial charge on any atom is 0.258 e. The Kier molecular flexibility index (Phi) is 4.36. The van der Waals surface area contributed by atoms with Gasteiger partial charge in [0, 0.05) is 23.1 Å². The molecule has 7 nitrogen and oxygen atoms in total. The number of nitrogen functional groups attached to an aromatic ring is 1. The molecule has 4 rings (SSSR count). The summed E-state index contributed by atoms with van der Waals surface area (Å²) in [4.78, 5) is 16.9. The van der Waals surface area contributed by atoms with E-state index < -0.39 is 0 Å². The largest absolute Gasteiger partial charge is 0.335 e. The van der Waals surface area contributed by atoms with Gasteiger partial charge in [-0.15, -0.1) is 10.2 Å². The number of nitrogens with two attached hydrogens (primary N) is 1. The van der Waals surface area contributed by atoms with Crippen molar-refractivity contribution in [2.24, 2.45) is 0 Å². The zero-order chi connectivity index (χ0) is 19.0. The van der Waals surface area contributed by atoms with Crippen molar-refractivity contribution in [2.75, 3.05) is 5.84 Å². The summed E-state index contributed by atoms with van der Waals surface area (Å²) in [5.74, 6) is 6.58. The van der Waals surface area contributed by atoms with Gasteiger partial charge in [0.25, 0.3) is 5.56 Å². The molecule has 0 aliphatic carbocycles. The highest BCUT2D eigenvalue weighted by Crippen LogP contribution is 2.24. The van der Waals surface area contributed by atoms with E-state index in [1.807, 2.05) is 19.1 Å². The number of hydrogen-bond acceptors (Lipinski definition) is 6. The van der Waals surface area contributed by atoms with Gasteiger partial charge < -0.3 is 5.84 Å². The fourth-order valence-corrected chi connectivity index (χ4v) is 3.50. The lowest BCUT2D eigenvalue weighted by molar-refractivity contribution is 0.628. The lowest BCUT2D eigenvalue weighted by Crippen LogP contribution is -2.17. The molecule has 0 amide bonds. The number of nitrogens with zero attached hydrogens (tertiary/aromatic N) is 5. The van der Waals surface area contributed by atoms with Gasteiger partial charge in [0.2, 0.25) is 5.16 Å². The van der Waals surface area contributed by atoms with Crippen molar-refractivity contribution in [1.29, 1.82) is 0 Å². The standard InChI is InChI=1S/C18H15FN6OS/c1-11-3-2-4-15-21-14(9-16(26)24(11)15)10-27-18-23-22-17(25(18)20)12-5-7-13(19)8-6-12/h2-9H,10,20H2,1H3. The smallest absolute Gasteiger partial charge is 0.258 e. The van der Waals surface area contributed by atoms with Crippen molar-refractivity contribution in [1.82, 2.24) is 24.3 Å². The van der Waals surface area contributed by atoms with E-state index >= 15 is 0 Å². The number of aromatic nitrogens is 5. The zero-order valence-electron chi connectivity index (χ0n) is 14.3. The third-order valence-electron chi connectivity index (χ3n) is 4.05. The minimum atomic E-state index is -0.333. The maximum absolute atomic E-state index is 13.1. The lowest BCUT2D eigenvalue weighted by atomic mass is 10.2. The molecule has 136 valence electrons. The molecule has 4 aromatic rings. The molecular weight excluding hydrogens is 367 g/mol. The van der Waals surface area contributed by atoms with Crippen molar-refractivity contribution in [2.45, 2.75) is 17.8 Å². The predicted molar refractivity (Wildman–Crippen MR) is 101 cm³/mol. The van der Waals surface area contributed by atoms with Crippen LogP contribution in [-0.2, 0) is 5.75 Å². The van der Waals surface area contributed by atoms with Gasteiger partial charge in [-0.25, -0.2) is 14.1 Å². The molecule has 0 bridgehead atoms. The first kappa shape index (κ1) is 17.2. The Morgan fingerprint density at radius 3 is 2.70 bits per heavy atom. The fourth-order valence-electron chi connectivity index (χ4n) is 2.75. The Balaban J connectivity index is 1.58. The van der Waals surface area contributed by atoms with Gasteiger partial charge in [-0.05, 0) is 43.3 Å². The van der Waals surface area contributed by atoms with Gasteiger partial charge in [0.1, 0.15) is 11.5 Å².